The lowest BCUT2D eigenvalue weighted by Crippen LogP contribution is -2.22. The summed E-state index contributed by atoms with van der Waals surface area (Å²) in [5, 5.41) is 36.4. The molecule has 1 rings (SSSR count). The van der Waals surface area contributed by atoms with Crippen molar-refractivity contribution in [3.63, 3.8) is 0 Å². The maximum atomic E-state index is 10.9. The molecule has 108 valence electrons. The summed E-state index contributed by atoms with van der Waals surface area (Å²) in [7, 11) is 0. The van der Waals surface area contributed by atoms with E-state index in [0.717, 1.165) is 6.21 Å². The number of hydrogen-bond acceptors (Lipinski definition) is 6. The Morgan fingerprint density at radius 2 is 2.10 bits per heavy atom. The molecule has 0 aliphatic rings. The molecule has 1 atom stereocenters. The lowest BCUT2D eigenvalue weighted by Gasteiger charge is -2.08. The molecular formula is C12H14N2O6. The minimum atomic E-state index is -1.47. The average molecular weight is 282 g/mol. The summed E-state index contributed by atoms with van der Waals surface area (Å²) >= 11 is 0. The number of aliphatic hydroxyl groups is 1. The summed E-state index contributed by atoms with van der Waals surface area (Å²) in [5.41, 5.74) is 0.668. The molecule has 20 heavy (non-hydrogen) atoms. The molecule has 1 heterocycles. The molecule has 8 nitrogen and oxygen atoms in total. The SMILES string of the molecule is Cc1ncc(CO)c(C=N[C@@H](CC(=O)O)C(=O)O)c1O. The highest BCUT2D eigenvalue weighted by Gasteiger charge is 2.19. The van der Waals surface area contributed by atoms with Gasteiger partial charge in [-0.15, -0.1) is 0 Å². The number of carboxylic acids is 2. The monoisotopic (exact) mass is 282 g/mol. The van der Waals surface area contributed by atoms with Crippen LogP contribution in [-0.4, -0.2) is 49.6 Å². The number of nitrogens with zero attached hydrogens (tertiary/aromatic N) is 2. The van der Waals surface area contributed by atoms with Crippen LogP contribution in [0.1, 0.15) is 23.2 Å². The second kappa shape index (κ2) is 6.62. The Balaban J connectivity index is 3.12. The molecule has 8 heteroatoms. The third-order valence-corrected chi connectivity index (χ3v) is 2.56. The van der Waals surface area contributed by atoms with Crippen LogP contribution < -0.4 is 0 Å². The number of aliphatic imine (C=N–C) groups is 1. The molecular weight excluding hydrogens is 268 g/mol. The van der Waals surface area contributed by atoms with E-state index in [0.29, 0.717) is 0 Å². The van der Waals surface area contributed by atoms with E-state index in [1.807, 2.05) is 0 Å². The second-order valence-electron chi connectivity index (χ2n) is 4.02. The Labute approximate surface area is 114 Å². The number of pyridine rings is 1. The Morgan fingerprint density at radius 1 is 1.45 bits per heavy atom. The summed E-state index contributed by atoms with van der Waals surface area (Å²) < 4.78 is 0. The molecule has 0 saturated heterocycles. The van der Waals surface area contributed by atoms with E-state index in [1.54, 1.807) is 0 Å². The normalized spacial score (nSPS) is 12.5. The van der Waals surface area contributed by atoms with E-state index in [9.17, 15) is 14.7 Å². The Hall–Kier alpha value is -2.48. The van der Waals surface area contributed by atoms with Crippen LogP contribution in [0.25, 0.3) is 0 Å². The smallest absolute Gasteiger partial charge is 0.329 e. The van der Waals surface area contributed by atoms with Crippen molar-refractivity contribution in [1.29, 1.82) is 0 Å². The Kier molecular flexibility index (Phi) is 5.15. The molecule has 0 aromatic carbocycles. The van der Waals surface area contributed by atoms with Gasteiger partial charge in [0.05, 0.1) is 18.7 Å². The van der Waals surface area contributed by atoms with Gasteiger partial charge in [0.25, 0.3) is 0 Å². The third-order valence-electron chi connectivity index (χ3n) is 2.56. The molecule has 0 unspecified atom stereocenters. The summed E-state index contributed by atoms with van der Waals surface area (Å²) in [4.78, 5) is 28.9. The van der Waals surface area contributed by atoms with Crippen molar-refractivity contribution in [3.05, 3.63) is 23.0 Å². The molecule has 1 aromatic heterocycles. The van der Waals surface area contributed by atoms with Gasteiger partial charge in [-0.3, -0.25) is 14.8 Å². The van der Waals surface area contributed by atoms with Gasteiger partial charge in [0.1, 0.15) is 5.75 Å². The van der Waals surface area contributed by atoms with Crippen LogP contribution in [0.15, 0.2) is 11.2 Å². The molecule has 1 aromatic rings. The van der Waals surface area contributed by atoms with Crippen LogP contribution in [0.4, 0.5) is 0 Å². The Bertz CT molecular complexity index is 555. The number of aryl methyl sites for hydroxylation is 1. The van der Waals surface area contributed by atoms with Crippen LogP contribution in [0.5, 0.6) is 5.75 Å². The molecule has 0 aliphatic carbocycles. The van der Waals surface area contributed by atoms with Crippen LogP contribution in [0, 0.1) is 6.92 Å². The fourth-order valence-corrected chi connectivity index (χ4v) is 1.46. The summed E-state index contributed by atoms with van der Waals surface area (Å²) in [6.45, 7) is 1.11. The molecule has 0 fully saturated rings. The van der Waals surface area contributed by atoms with Gasteiger partial charge in [-0.25, -0.2) is 4.79 Å². The predicted molar refractivity (Wildman–Crippen MR) is 67.8 cm³/mol. The fraction of sp³-hybridized carbons (Fsp3) is 0.333. The number of aromatic nitrogens is 1. The number of aromatic hydroxyl groups is 1. The van der Waals surface area contributed by atoms with Gasteiger partial charge in [-0.05, 0) is 6.92 Å². The van der Waals surface area contributed by atoms with E-state index in [1.165, 1.54) is 13.1 Å². The largest absolute Gasteiger partial charge is 0.505 e. The number of carboxylic acid groups (broad SMARTS) is 2. The maximum Gasteiger partial charge on any atom is 0.329 e. The molecule has 0 saturated carbocycles. The third kappa shape index (κ3) is 3.75. The first kappa shape index (κ1) is 15.6. The van der Waals surface area contributed by atoms with Gasteiger partial charge < -0.3 is 20.4 Å². The van der Waals surface area contributed by atoms with Crippen LogP contribution in [0.3, 0.4) is 0 Å². The highest BCUT2D eigenvalue weighted by molar-refractivity contribution is 5.89. The molecule has 0 aliphatic heterocycles. The number of carbonyl (C=O) groups is 2. The van der Waals surface area contributed by atoms with Crippen LogP contribution in [-0.2, 0) is 16.2 Å². The fourth-order valence-electron chi connectivity index (χ4n) is 1.46. The predicted octanol–water partition coefficient (Wildman–Crippen LogP) is -0.0653. The lowest BCUT2D eigenvalue weighted by atomic mass is 10.1. The standard InChI is InChI=1S/C12H14N2O6/c1-6-11(18)8(7(5-15)3-13-6)4-14-9(12(19)20)2-10(16)17/h3-4,9,15,18H,2,5H2,1H3,(H,16,17)(H,19,20)/t9-/m0/s1. The molecule has 0 amide bonds. The minimum absolute atomic E-state index is 0.122. The quantitative estimate of drug-likeness (QED) is 0.535. The van der Waals surface area contributed by atoms with Crippen molar-refractivity contribution in [3.8, 4) is 5.75 Å². The molecule has 0 radical (unpaired) electrons. The van der Waals surface area contributed by atoms with E-state index < -0.39 is 31.0 Å². The van der Waals surface area contributed by atoms with Crippen molar-refractivity contribution < 1.29 is 30.0 Å². The highest BCUT2D eigenvalue weighted by Crippen LogP contribution is 2.22. The second-order valence-corrected chi connectivity index (χ2v) is 4.02. The highest BCUT2D eigenvalue weighted by atomic mass is 16.4. The summed E-state index contributed by atoms with van der Waals surface area (Å²) in [5.74, 6) is -2.92. The molecule has 0 bridgehead atoms. The van der Waals surface area contributed by atoms with Gasteiger partial charge in [0.2, 0.25) is 0 Å². The maximum absolute atomic E-state index is 10.9. The first-order valence-corrected chi connectivity index (χ1v) is 5.62. The van der Waals surface area contributed by atoms with Crippen molar-refractivity contribution >= 4 is 18.2 Å². The zero-order valence-electron chi connectivity index (χ0n) is 10.6. The number of hydrogen-bond donors (Lipinski definition) is 4. The van der Waals surface area contributed by atoms with E-state index in [-0.39, 0.29) is 22.6 Å². The minimum Gasteiger partial charge on any atom is -0.505 e. The number of aliphatic carboxylic acids is 2. The van der Waals surface area contributed by atoms with Gasteiger partial charge in [0, 0.05) is 23.5 Å². The van der Waals surface area contributed by atoms with Gasteiger partial charge in [0.15, 0.2) is 6.04 Å². The van der Waals surface area contributed by atoms with Gasteiger partial charge in [-0.2, -0.15) is 0 Å². The van der Waals surface area contributed by atoms with Gasteiger partial charge >= 0.3 is 11.9 Å². The van der Waals surface area contributed by atoms with Crippen molar-refractivity contribution in [2.75, 3.05) is 0 Å². The van der Waals surface area contributed by atoms with E-state index in [2.05, 4.69) is 9.98 Å². The van der Waals surface area contributed by atoms with Crippen molar-refractivity contribution in [2.45, 2.75) is 26.0 Å². The van der Waals surface area contributed by atoms with Gasteiger partial charge in [-0.1, -0.05) is 0 Å². The topological polar surface area (TPSA) is 140 Å². The molecule has 4 N–H and O–H groups in total. The van der Waals surface area contributed by atoms with Crippen LogP contribution in [0.2, 0.25) is 0 Å². The average Bonchev–Trinajstić information content (AvgIpc) is 2.38. The first-order chi connectivity index (χ1) is 9.36. The van der Waals surface area contributed by atoms with Crippen LogP contribution >= 0.6 is 0 Å². The Morgan fingerprint density at radius 3 is 2.60 bits per heavy atom. The van der Waals surface area contributed by atoms with E-state index in [4.69, 9.17) is 15.3 Å². The first-order valence-electron chi connectivity index (χ1n) is 5.62. The molecule has 0 spiro atoms. The zero-order valence-corrected chi connectivity index (χ0v) is 10.6. The summed E-state index contributed by atoms with van der Waals surface area (Å²) in [6, 6.07) is -1.47. The van der Waals surface area contributed by atoms with Crippen molar-refractivity contribution in [1.82, 2.24) is 4.98 Å². The summed E-state index contributed by atoms with van der Waals surface area (Å²) in [6.07, 6.45) is 1.69. The zero-order chi connectivity index (χ0) is 15.3. The van der Waals surface area contributed by atoms with E-state index >= 15 is 0 Å². The van der Waals surface area contributed by atoms with Crippen molar-refractivity contribution in [2.24, 2.45) is 4.99 Å². The number of rotatable bonds is 6. The number of aliphatic hydroxyl groups excluding tert-OH is 1. The lowest BCUT2D eigenvalue weighted by molar-refractivity contribution is -0.144.